The highest BCUT2D eigenvalue weighted by molar-refractivity contribution is 6.74. The molecule has 0 radical (unpaired) electrons. The van der Waals surface area contributed by atoms with Crippen LogP contribution >= 0.6 is 0 Å². The molecule has 2 aromatic heterocycles. The number of pyridine rings is 1. The van der Waals surface area contributed by atoms with Gasteiger partial charge in [-0.2, -0.15) is 0 Å². The summed E-state index contributed by atoms with van der Waals surface area (Å²) in [6.07, 6.45) is 6.62. The maximum Gasteiger partial charge on any atom is 0.192 e. The molecule has 1 unspecified atom stereocenters. The molecule has 0 saturated carbocycles. The van der Waals surface area contributed by atoms with Gasteiger partial charge >= 0.3 is 0 Å². The summed E-state index contributed by atoms with van der Waals surface area (Å²) < 4.78 is 7.03. The molecule has 202 valence electrons. The molecule has 37 heavy (non-hydrogen) atoms. The number of likely N-dealkylation sites (tertiary alicyclic amines) is 1. The van der Waals surface area contributed by atoms with Crippen molar-refractivity contribution in [1.82, 2.24) is 24.8 Å². The highest BCUT2D eigenvalue weighted by atomic mass is 28.4. The number of nitrogens with zero attached hydrogens (tertiary/aromatic N) is 6. The van der Waals surface area contributed by atoms with Gasteiger partial charge in [-0.25, -0.2) is 9.97 Å². The number of hydrogen-bond acceptors (Lipinski definition) is 7. The second-order valence-electron chi connectivity index (χ2n) is 12.9. The molecular formula is C29H46N6OSi. The average molecular weight is 523 g/mol. The summed E-state index contributed by atoms with van der Waals surface area (Å²) in [7, 11) is 0.303. The Bertz CT molecular complexity index is 1090. The topological polar surface area (TPSA) is 57.6 Å². The number of aromatic nitrogens is 3. The van der Waals surface area contributed by atoms with Gasteiger partial charge in [-0.3, -0.25) is 9.88 Å². The van der Waals surface area contributed by atoms with Crippen molar-refractivity contribution in [2.75, 3.05) is 44.7 Å². The van der Waals surface area contributed by atoms with Crippen LogP contribution in [-0.4, -0.2) is 78.9 Å². The summed E-state index contributed by atoms with van der Waals surface area (Å²) in [5.41, 5.74) is 3.81. The zero-order chi connectivity index (χ0) is 26.4. The largest absolute Gasteiger partial charge is 0.413 e. The number of likely N-dealkylation sites (N-methyl/N-ethyl adjacent to an activating group) is 1. The van der Waals surface area contributed by atoms with E-state index in [0.717, 1.165) is 69.3 Å². The van der Waals surface area contributed by atoms with Crippen molar-refractivity contribution in [1.29, 1.82) is 0 Å². The van der Waals surface area contributed by atoms with E-state index in [9.17, 15) is 0 Å². The van der Waals surface area contributed by atoms with Gasteiger partial charge in [-0.1, -0.05) is 26.8 Å². The first-order valence-electron chi connectivity index (χ1n) is 14.2. The molecule has 4 heterocycles. The van der Waals surface area contributed by atoms with Crippen LogP contribution in [0.4, 0.5) is 5.82 Å². The van der Waals surface area contributed by atoms with Crippen molar-refractivity contribution in [2.24, 2.45) is 0 Å². The fourth-order valence-electron chi connectivity index (χ4n) is 5.99. The third kappa shape index (κ3) is 5.63. The molecule has 2 fully saturated rings. The third-order valence-corrected chi connectivity index (χ3v) is 13.7. The van der Waals surface area contributed by atoms with Gasteiger partial charge in [0.15, 0.2) is 8.32 Å². The van der Waals surface area contributed by atoms with Gasteiger partial charge in [-0.15, -0.1) is 0 Å². The van der Waals surface area contributed by atoms with Crippen molar-refractivity contribution in [2.45, 2.75) is 89.7 Å². The zero-order valence-electron chi connectivity index (χ0n) is 24.0. The molecule has 3 atom stereocenters. The fourth-order valence-corrected chi connectivity index (χ4v) is 7.34. The summed E-state index contributed by atoms with van der Waals surface area (Å²) in [6.45, 7) is 18.9. The molecule has 8 heteroatoms. The minimum atomic E-state index is -1.89. The van der Waals surface area contributed by atoms with Crippen LogP contribution in [0.15, 0.2) is 24.4 Å². The first kappa shape index (κ1) is 26.7. The van der Waals surface area contributed by atoms with E-state index in [2.05, 4.69) is 73.8 Å². The van der Waals surface area contributed by atoms with Crippen LogP contribution in [0.5, 0.6) is 0 Å². The molecular weight excluding hydrogens is 476 g/mol. The van der Waals surface area contributed by atoms with Crippen molar-refractivity contribution in [3.63, 3.8) is 0 Å². The summed E-state index contributed by atoms with van der Waals surface area (Å²) in [4.78, 5) is 22.3. The second kappa shape index (κ2) is 10.4. The predicted molar refractivity (Wildman–Crippen MR) is 153 cm³/mol. The molecule has 7 nitrogen and oxygen atoms in total. The first-order chi connectivity index (χ1) is 17.5. The van der Waals surface area contributed by atoms with E-state index in [4.69, 9.17) is 19.4 Å². The van der Waals surface area contributed by atoms with Crippen LogP contribution in [0.1, 0.15) is 74.9 Å². The number of rotatable bonds is 5. The van der Waals surface area contributed by atoms with Crippen molar-refractivity contribution < 1.29 is 4.43 Å². The Balaban J connectivity index is 1.48. The Kier molecular flexibility index (Phi) is 7.48. The van der Waals surface area contributed by atoms with Gasteiger partial charge in [0.2, 0.25) is 0 Å². The van der Waals surface area contributed by atoms with E-state index in [0.29, 0.717) is 6.04 Å². The summed E-state index contributed by atoms with van der Waals surface area (Å²) in [5.74, 6) is 1.94. The number of aryl methyl sites for hydroxylation is 2. The molecule has 3 aliphatic rings. The minimum absolute atomic E-state index is 0.189. The summed E-state index contributed by atoms with van der Waals surface area (Å²) in [6, 6.07) is 7.14. The third-order valence-electron chi connectivity index (χ3n) is 9.15. The lowest BCUT2D eigenvalue weighted by molar-refractivity contribution is 0.135. The molecule has 0 bridgehead atoms. The Morgan fingerprint density at radius 3 is 2.54 bits per heavy atom. The molecule has 0 aromatic carbocycles. The summed E-state index contributed by atoms with van der Waals surface area (Å²) in [5, 5.41) is 0.189. The molecule has 2 aliphatic heterocycles. The van der Waals surface area contributed by atoms with Crippen LogP contribution < -0.4 is 4.90 Å². The van der Waals surface area contributed by atoms with Crippen molar-refractivity contribution in [3.05, 3.63) is 47.2 Å². The number of anilines is 1. The van der Waals surface area contributed by atoms with Crippen LogP contribution in [0, 0.1) is 6.92 Å². The van der Waals surface area contributed by atoms with E-state index < -0.39 is 8.32 Å². The van der Waals surface area contributed by atoms with Crippen LogP contribution in [0.25, 0.3) is 0 Å². The van der Waals surface area contributed by atoms with E-state index in [1.165, 1.54) is 17.7 Å². The number of fused-ring (bicyclic) bond motifs is 1. The quantitative estimate of drug-likeness (QED) is 0.504. The lowest BCUT2D eigenvalue weighted by Crippen LogP contribution is -2.45. The number of hydrogen-bond donors (Lipinski definition) is 0. The first-order valence-corrected chi connectivity index (χ1v) is 17.1. The van der Waals surface area contributed by atoms with Crippen molar-refractivity contribution in [3.8, 4) is 0 Å². The lowest BCUT2D eigenvalue weighted by atomic mass is 9.90. The Labute approximate surface area is 224 Å². The lowest BCUT2D eigenvalue weighted by Gasteiger charge is -2.39. The van der Waals surface area contributed by atoms with Gasteiger partial charge in [0.25, 0.3) is 0 Å². The number of piperazine rings is 1. The molecule has 1 aliphatic carbocycles. The molecule has 0 spiro atoms. The van der Waals surface area contributed by atoms with Crippen LogP contribution in [-0.2, 0) is 10.8 Å². The average Bonchev–Trinajstić information content (AvgIpc) is 3.26. The van der Waals surface area contributed by atoms with E-state index in [-0.39, 0.29) is 17.2 Å². The van der Waals surface area contributed by atoms with E-state index >= 15 is 0 Å². The fraction of sp³-hybridized carbons (Fsp3) is 0.690. The SMILES string of the molecule is Cc1nc([C@H]2C[C@@H](O[Si](C)(C)C(C)(C)C)CN2C2CCCc3cccnc32)cc(N2CCN(C)CC2)n1. The van der Waals surface area contributed by atoms with Crippen LogP contribution in [0.2, 0.25) is 18.1 Å². The molecule has 0 N–H and O–H groups in total. The zero-order valence-corrected chi connectivity index (χ0v) is 25.0. The normalized spacial score (nSPS) is 25.9. The Morgan fingerprint density at radius 1 is 1.05 bits per heavy atom. The van der Waals surface area contributed by atoms with Gasteiger partial charge in [-0.05, 0) is 69.4 Å². The summed E-state index contributed by atoms with van der Waals surface area (Å²) >= 11 is 0. The van der Waals surface area contributed by atoms with Gasteiger partial charge < -0.3 is 14.2 Å². The molecule has 2 aromatic rings. The standard InChI is InChI=1S/C29H46N6OSi/c1-21-31-24(19-27(32-21)34-16-14-33(5)15-17-34)26-18-23(36-37(6,7)29(2,3)4)20-35(26)25-12-8-10-22-11-9-13-30-28(22)25/h9,11,13,19,23,25-26H,8,10,12,14-18,20H2,1-7H3/t23-,25?,26-/m1/s1. The monoisotopic (exact) mass is 522 g/mol. The van der Waals surface area contributed by atoms with Crippen molar-refractivity contribution >= 4 is 14.1 Å². The molecule has 2 saturated heterocycles. The maximum absolute atomic E-state index is 7.03. The Morgan fingerprint density at radius 2 is 1.81 bits per heavy atom. The highest BCUT2D eigenvalue weighted by Gasteiger charge is 2.45. The molecule has 0 amide bonds. The molecule has 5 rings (SSSR count). The predicted octanol–water partition coefficient (Wildman–Crippen LogP) is 5.15. The maximum atomic E-state index is 7.03. The van der Waals surface area contributed by atoms with E-state index in [1.54, 1.807) is 0 Å². The smallest absolute Gasteiger partial charge is 0.192 e. The van der Waals surface area contributed by atoms with Gasteiger partial charge in [0, 0.05) is 45.0 Å². The Hall–Kier alpha value is -1.87. The van der Waals surface area contributed by atoms with Gasteiger partial charge in [0.05, 0.1) is 29.6 Å². The van der Waals surface area contributed by atoms with Crippen LogP contribution in [0.3, 0.4) is 0 Å². The van der Waals surface area contributed by atoms with Gasteiger partial charge in [0.1, 0.15) is 11.6 Å². The van der Waals surface area contributed by atoms with E-state index in [1.807, 2.05) is 13.1 Å². The highest BCUT2D eigenvalue weighted by Crippen LogP contribution is 2.46. The second-order valence-corrected chi connectivity index (χ2v) is 17.6. The minimum Gasteiger partial charge on any atom is -0.413 e.